The van der Waals surface area contributed by atoms with Gasteiger partial charge in [-0.2, -0.15) is 5.10 Å². The third-order valence-electron chi connectivity index (χ3n) is 1.92. The van der Waals surface area contributed by atoms with Gasteiger partial charge in [0.2, 0.25) is 0 Å². The molecule has 0 saturated heterocycles. The van der Waals surface area contributed by atoms with E-state index in [0.29, 0.717) is 12.4 Å². The van der Waals surface area contributed by atoms with E-state index < -0.39 is 0 Å². The van der Waals surface area contributed by atoms with Crippen LogP contribution < -0.4 is 5.56 Å². The summed E-state index contributed by atoms with van der Waals surface area (Å²) in [5.74, 6) is 0.698. The highest BCUT2D eigenvalue weighted by Gasteiger charge is 1.99. The van der Waals surface area contributed by atoms with Gasteiger partial charge in [0.25, 0.3) is 5.56 Å². The van der Waals surface area contributed by atoms with Crippen LogP contribution >= 0.6 is 0 Å². The second-order valence-electron chi connectivity index (χ2n) is 2.82. The fourth-order valence-corrected chi connectivity index (χ4v) is 1.20. The minimum absolute atomic E-state index is 0.0867. The van der Waals surface area contributed by atoms with Crippen molar-refractivity contribution in [2.75, 3.05) is 0 Å². The van der Waals surface area contributed by atoms with E-state index >= 15 is 0 Å². The van der Waals surface area contributed by atoms with Crippen molar-refractivity contribution in [3.05, 3.63) is 41.2 Å². The molecule has 0 aliphatic rings. The monoisotopic (exact) mass is 190 g/mol. The Bertz CT molecular complexity index is 472. The summed E-state index contributed by atoms with van der Waals surface area (Å²) in [6.45, 7) is 2.45. The molecular formula is C9H10N4O. The molecule has 2 rings (SSSR count). The van der Waals surface area contributed by atoms with Gasteiger partial charge in [-0.05, 0) is 13.0 Å². The maximum Gasteiger partial charge on any atom is 0.266 e. The van der Waals surface area contributed by atoms with Gasteiger partial charge in [0.05, 0.1) is 0 Å². The smallest absolute Gasteiger partial charge is 0.266 e. The molecule has 0 aliphatic heterocycles. The summed E-state index contributed by atoms with van der Waals surface area (Å²) in [5, 5.41) is 4.16. The molecule has 0 aliphatic carbocycles. The Morgan fingerprint density at radius 1 is 1.43 bits per heavy atom. The molecule has 5 heteroatoms. The van der Waals surface area contributed by atoms with Crippen LogP contribution in [0.4, 0.5) is 0 Å². The van der Waals surface area contributed by atoms with Gasteiger partial charge in [-0.25, -0.2) is 9.67 Å². The Balaban J connectivity index is 2.51. The first-order chi connectivity index (χ1) is 6.81. The first-order valence-corrected chi connectivity index (χ1v) is 4.38. The summed E-state index contributed by atoms with van der Waals surface area (Å²) in [6.07, 6.45) is 5.10. The summed E-state index contributed by atoms with van der Waals surface area (Å²) in [6, 6.07) is 3.18. The minimum atomic E-state index is -0.0867. The molecule has 0 fully saturated rings. The third kappa shape index (κ3) is 1.44. The van der Waals surface area contributed by atoms with E-state index in [0.717, 1.165) is 0 Å². The first kappa shape index (κ1) is 8.68. The van der Waals surface area contributed by atoms with Crippen molar-refractivity contribution in [2.45, 2.75) is 13.5 Å². The lowest BCUT2D eigenvalue weighted by Crippen LogP contribution is -2.22. The first-order valence-electron chi connectivity index (χ1n) is 4.38. The fraction of sp³-hybridized carbons (Fsp3) is 0.222. The highest BCUT2D eigenvalue weighted by molar-refractivity contribution is 5.18. The number of imidazole rings is 1. The summed E-state index contributed by atoms with van der Waals surface area (Å²) in [4.78, 5) is 15.2. The topological polar surface area (TPSA) is 52.7 Å². The molecule has 14 heavy (non-hydrogen) atoms. The molecule has 0 N–H and O–H groups in total. The maximum absolute atomic E-state index is 11.2. The fourth-order valence-electron chi connectivity index (χ4n) is 1.20. The van der Waals surface area contributed by atoms with E-state index in [1.54, 1.807) is 29.4 Å². The molecule has 0 bridgehead atoms. The van der Waals surface area contributed by atoms with Crippen molar-refractivity contribution < 1.29 is 0 Å². The average Bonchev–Trinajstić information content (AvgIpc) is 2.71. The standard InChI is InChI=1S/C9H10N4O/c1-2-13-9(14)4-3-8(11-13)12-6-5-10-7-12/h3-7H,2H2,1H3. The molecular weight excluding hydrogens is 180 g/mol. The Hall–Kier alpha value is -1.91. The van der Waals surface area contributed by atoms with Gasteiger partial charge in [0.1, 0.15) is 6.33 Å². The van der Waals surface area contributed by atoms with Gasteiger partial charge in [-0.15, -0.1) is 0 Å². The van der Waals surface area contributed by atoms with Crippen molar-refractivity contribution >= 4 is 0 Å². The molecule has 0 radical (unpaired) electrons. The van der Waals surface area contributed by atoms with E-state index in [2.05, 4.69) is 10.1 Å². The molecule has 0 unspecified atom stereocenters. The van der Waals surface area contributed by atoms with E-state index in [9.17, 15) is 4.79 Å². The van der Waals surface area contributed by atoms with Crippen molar-refractivity contribution in [3.63, 3.8) is 0 Å². The number of aryl methyl sites for hydroxylation is 1. The van der Waals surface area contributed by atoms with Gasteiger partial charge >= 0.3 is 0 Å². The van der Waals surface area contributed by atoms with Crippen LogP contribution in [0.15, 0.2) is 35.6 Å². The lowest BCUT2D eigenvalue weighted by Gasteiger charge is -2.03. The van der Waals surface area contributed by atoms with Gasteiger partial charge in [-0.1, -0.05) is 0 Å². The predicted molar refractivity (Wildman–Crippen MR) is 51.3 cm³/mol. The van der Waals surface area contributed by atoms with E-state index in [-0.39, 0.29) is 5.56 Å². The largest absolute Gasteiger partial charge is 0.289 e. The zero-order chi connectivity index (χ0) is 9.97. The molecule has 2 aromatic rings. The Kier molecular flexibility index (Phi) is 2.14. The molecule has 0 atom stereocenters. The summed E-state index contributed by atoms with van der Waals surface area (Å²) >= 11 is 0. The molecule has 0 spiro atoms. The Labute approximate surface area is 80.6 Å². The summed E-state index contributed by atoms with van der Waals surface area (Å²) in [5.41, 5.74) is -0.0867. The highest BCUT2D eigenvalue weighted by Crippen LogP contribution is 1.98. The average molecular weight is 190 g/mol. The van der Waals surface area contributed by atoms with Crippen LogP contribution in [0.5, 0.6) is 0 Å². The van der Waals surface area contributed by atoms with Crippen molar-refractivity contribution in [1.29, 1.82) is 0 Å². The molecule has 2 heterocycles. The maximum atomic E-state index is 11.2. The lowest BCUT2D eigenvalue weighted by molar-refractivity contribution is 0.606. The molecule has 0 aromatic carbocycles. The van der Waals surface area contributed by atoms with Gasteiger partial charge < -0.3 is 0 Å². The van der Waals surface area contributed by atoms with E-state index in [1.165, 1.54) is 10.7 Å². The second-order valence-corrected chi connectivity index (χ2v) is 2.82. The van der Waals surface area contributed by atoms with Crippen LogP contribution in [0.25, 0.3) is 5.82 Å². The number of aromatic nitrogens is 4. The molecule has 2 aromatic heterocycles. The number of hydrogen-bond donors (Lipinski definition) is 0. The zero-order valence-electron chi connectivity index (χ0n) is 7.79. The Morgan fingerprint density at radius 2 is 2.29 bits per heavy atom. The van der Waals surface area contributed by atoms with Crippen molar-refractivity contribution in [3.8, 4) is 5.82 Å². The van der Waals surface area contributed by atoms with Crippen LogP contribution in [0.1, 0.15) is 6.92 Å². The molecule has 72 valence electrons. The van der Waals surface area contributed by atoms with Gasteiger partial charge in [0.15, 0.2) is 5.82 Å². The zero-order valence-corrected chi connectivity index (χ0v) is 7.79. The summed E-state index contributed by atoms with van der Waals surface area (Å²) in [7, 11) is 0. The Morgan fingerprint density at radius 3 is 2.93 bits per heavy atom. The van der Waals surface area contributed by atoms with Crippen LogP contribution in [0, 0.1) is 0 Å². The van der Waals surface area contributed by atoms with E-state index in [1.807, 2.05) is 6.92 Å². The number of rotatable bonds is 2. The SMILES string of the molecule is CCn1nc(-n2ccnc2)ccc1=O. The minimum Gasteiger partial charge on any atom is -0.289 e. The third-order valence-corrected chi connectivity index (χ3v) is 1.92. The quantitative estimate of drug-likeness (QED) is 0.690. The van der Waals surface area contributed by atoms with Crippen LogP contribution in [-0.2, 0) is 6.54 Å². The summed E-state index contributed by atoms with van der Waals surface area (Å²) < 4.78 is 3.17. The molecule has 0 saturated carbocycles. The molecule has 0 amide bonds. The van der Waals surface area contributed by atoms with Gasteiger partial charge in [-0.3, -0.25) is 9.36 Å². The predicted octanol–water partition coefficient (Wildman–Crippen LogP) is 0.449. The normalized spacial score (nSPS) is 10.4. The molecule has 5 nitrogen and oxygen atoms in total. The highest BCUT2D eigenvalue weighted by atomic mass is 16.1. The second kappa shape index (κ2) is 3.45. The lowest BCUT2D eigenvalue weighted by atomic mass is 10.5. The van der Waals surface area contributed by atoms with Crippen molar-refractivity contribution in [2.24, 2.45) is 0 Å². The van der Waals surface area contributed by atoms with E-state index in [4.69, 9.17) is 0 Å². The van der Waals surface area contributed by atoms with Gasteiger partial charge in [0, 0.05) is 25.0 Å². The van der Waals surface area contributed by atoms with Crippen LogP contribution in [-0.4, -0.2) is 19.3 Å². The number of hydrogen-bond acceptors (Lipinski definition) is 3. The van der Waals surface area contributed by atoms with Crippen LogP contribution in [0.2, 0.25) is 0 Å². The van der Waals surface area contributed by atoms with Crippen LogP contribution in [0.3, 0.4) is 0 Å². The number of nitrogens with zero attached hydrogens (tertiary/aromatic N) is 4. The van der Waals surface area contributed by atoms with Crippen molar-refractivity contribution in [1.82, 2.24) is 19.3 Å².